The van der Waals surface area contributed by atoms with Gasteiger partial charge in [0.05, 0.1) is 12.1 Å². The van der Waals surface area contributed by atoms with Gasteiger partial charge < -0.3 is 14.4 Å². The maximum atomic E-state index is 12.3. The molecule has 1 aromatic carbocycles. The molecule has 0 aliphatic carbocycles. The van der Waals surface area contributed by atoms with Gasteiger partial charge in [-0.3, -0.25) is 4.79 Å². The molecule has 4 heteroatoms. The van der Waals surface area contributed by atoms with E-state index in [4.69, 9.17) is 15.9 Å². The molecule has 4 nitrogen and oxygen atoms in total. The zero-order valence-corrected chi connectivity index (χ0v) is 10.3. The number of fused-ring (bicyclic) bond motifs is 1. The number of ether oxygens (including phenoxy) is 2. The van der Waals surface area contributed by atoms with Crippen LogP contribution in [0.1, 0.15) is 17.3 Å². The van der Waals surface area contributed by atoms with Gasteiger partial charge in [-0.25, -0.2) is 0 Å². The van der Waals surface area contributed by atoms with E-state index in [1.54, 1.807) is 23.1 Å². The molecule has 0 unspecified atom stereocenters. The number of carbonyl (C=O) groups is 1. The van der Waals surface area contributed by atoms with E-state index < -0.39 is 0 Å². The Hall–Kier alpha value is -2.15. The van der Waals surface area contributed by atoms with E-state index in [9.17, 15) is 4.79 Å². The van der Waals surface area contributed by atoms with Crippen molar-refractivity contribution in [1.29, 1.82) is 0 Å². The van der Waals surface area contributed by atoms with Gasteiger partial charge in [0, 0.05) is 6.54 Å². The number of nitrogens with zero attached hydrogens (tertiary/aromatic N) is 1. The summed E-state index contributed by atoms with van der Waals surface area (Å²) in [6.45, 7) is 3.71. The minimum absolute atomic E-state index is 0.127. The summed E-state index contributed by atoms with van der Waals surface area (Å²) in [5.41, 5.74) is 0.504. The van der Waals surface area contributed by atoms with Crippen molar-refractivity contribution in [3.05, 3.63) is 23.8 Å². The van der Waals surface area contributed by atoms with Crippen molar-refractivity contribution in [2.24, 2.45) is 0 Å². The second kappa shape index (κ2) is 5.46. The molecule has 0 atom stereocenters. The monoisotopic (exact) mass is 245 g/mol. The van der Waals surface area contributed by atoms with Gasteiger partial charge in [-0.2, -0.15) is 0 Å². The summed E-state index contributed by atoms with van der Waals surface area (Å²) in [5, 5.41) is 0. The van der Waals surface area contributed by atoms with E-state index in [1.165, 1.54) is 0 Å². The molecule has 0 aromatic heterocycles. The average molecular weight is 245 g/mol. The van der Waals surface area contributed by atoms with E-state index in [-0.39, 0.29) is 5.91 Å². The van der Waals surface area contributed by atoms with Gasteiger partial charge >= 0.3 is 0 Å². The molecule has 1 aromatic rings. The summed E-state index contributed by atoms with van der Waals surface area (Å²) in [6, 6.07) is 5.31. The molecule has 18 heavy (non-hydrogen) atoms. The first-order chi connectivity index (χ1) is 8.77. The minimum atomic E-state index is -0.127. The zero-order valence-electron chi connectivity index (χ0n) is 10.3. The Morgan fingerprint density at radius 2 is 2.22 bits per heavy atom. The lowest BCUT2D eigenvalue weighted by molar-refractivity contribution is 0.0774. The van der Waals surface area contributed by atoms with Crippen LogP contribution in [0.25, 0.3) is 0 Å². The van der Waals surface area contributed by atoms with Crippen molar-refractivity contribution in [3.8, 4) is 23.8 Å². The van der Waals surface area contributed by atoms with Crippen LogP contribution in [0.4, 0.5) is 0 Å². The molecule has 0 saturated heterocycles. The van der Waals surface area contributed by atoms with Gasteiger partial charge in [0.2, 0.25) is 0 Å². The van der Waals surface area contributed by atoms with E-state index >= 15 is 0 Å². The smallest absolute Gasteiger partial charge is 0.258 e. The lowest BCUT2D eigenvalue weighted by Gasteiger charge is -2.23. The number of amides is 1. The Morgan fingerprint density at radius 1 is 1.44 bits per heavy atom. The number of benzene rings is 1. The highest BCUT2D eigenvalue weighted by Crippen LogP contribution is 2.34. The van der Waals surface area contributed by atoms with Crippen LogP contribution < -0.4 is 9.47 Å². The first kappa shape index (κ1) is 12.3. The van der Waals surface area contributed by atoms with Crippen LogP contribution >= 0.6 is 0 Å². The number of carbonyl (C=O) groups excluding carboxylic acids is 1. The van der Waals surface area contributed by atoms with Gasteiger partial charge in [-0.05, 0) is 19.1 Å². The summed E-state index contributed by atoms with van der Waals surface area (Å²) in [5.74, 6) is 3.49. The van der Waals surface area contributed by atoms with Crippen LogP contribution in [0.15, 0.2) is 18.2 Å². The molecule has 94 valence electrons. The Morgan fingerprint density at radius 3 is 2.94 bits per heavy atom. The highest BCUT2D eigenvalue weighted by molar-refractivity contribution is 5.98. The normalized spacial score (nSPS) is 12.7. The van der Waals surface area contributed by atoms with Crippen LogP contribution in [-0.4, -0.2) is 37.1 Å². The Labute approximate surface area is 106 Å². The van der Waals surface area contributed by atoms with Crippen molar-refractivity contribution in [2.75, 3.05) is 26.3 Å². The third kappa shape index (κ3) is 2.25. The van der Waals surface area contributed by atoms with Crippen LogP contribution in [0.2, 0.25) is 0 Å². The van der Waals surface area contributed by atoms with Gasteiger partial charge in [-0.15, -0.1) is 6.42 Å². The van der Waals surface area contributed by atoms with Gasteiger partial charge in [0.25, 0.3) is 5.91 Å². The highest BCUT2D eigenvalue weighted by Gasteiger charge is 2.23. The summed E-state index contributed by atoms with van der Waals surface area (Å²) >= 11 is 0. The van der Waals surface area contributed by atoms with Gasteiger partial charge in [-0.1, -0.05) is 12.0 Å². The van der Waals surface area contributed by atoms with Gasteiger partial charge in [0.1, 0.15) is 13.2 Å². The first-order valence-electron chi connectivity index (χ1n) is 5.89. The van der Waals surface area contributed by atoms with E-state index in [2.05, 4.69) is 5.92 Å². The largest absolute Gasteiger partial charge is 0.486 e. The lowest BCUT2D eigenvalue weighted by Crippen LogP contribution is -2.32. The third-order valence-electron chi connectivity index (χ3n) is 2.75. The number of hydrogen-bond donors (Lipinski definition) is 0. The molecule has 0 saturated carbocycles. The van der Waals surface area contributed by atoms with Crippen molar-refractivity contribution in [3.63, 3.8) is 0 Å². The molecule has 0 N–H and O–H groups in total. The summed E-state index contributed by atoms with van der Waals surface area (Å²) in [6.07, 6.45) is 5.26. The molecule has 1 aliphatic rings. The van der Waals surface area contributed by atoms with Crippen molar-refractivity contribution >= 4 is 5.91 Å². The zero-order chi connectivity index (χ0) is 13.0. The molecule has 1 heterocycles. The topological polar surface area (TPSA) is 38.8 Å². The van der Waals surface area contributed by atoms with Crippen molar-refractivity contribution in [2.45, 2.75) is 6.92 Å². The SMILES string of the molecule is C#CCN(CC)C(=O)c1cccc2c1OCCO2. The first-order valence-corrected chi connectivity index (χ1v) is 5.89. The predicted octanol–water partition coefficient (Wildman–Crippen LogP) is 1.55. The van der Waals surface area contributed by atoms with Crippen LogP contribution in [0, 0.1) is 12.3 Å². The fourth-order valence-electron chi connectivity index (χ4n) is 1.85. The fraction of sp³-hybridized carbons (Fsp3) is 0.357. The molecule has 1 amide bonds. The number of terminal acetylenes is 1. The van der Waals surface area contributed by atoms with Gasteiger partial charge in [0.15, 0.2) is 11.5 Å². The number of para-hydroxylation sites is 1. The molecule has 0 spiro atoms. The molecule has 0 bridgehead atoms. The maximum absolute atomic E-state index is 12.3. The van der Waals surface area contributed by atoms with E-state index in [0.717, 1.165) is 0 Å². The predicted molar refractivity (Wildman–Crippen MR) is 67.8 cm³/mol. The molecular formula is C14H15NO3. The lowest BCUT2D eigenvalue weighted by atomic mass is 10.1. The second-order valence-corrected chi connectivity index (χ2v) is 3.85. The fourth-order valence-corrected chi connectivity index (χ4v) is 1.85. The number of rotatable bonds is 3. The van der Waals surface area contributed by atoms with Crippen LogP contribution in [0.5, 0.6) is 11.5 Å². The molecule has 0 fully saturated rings. The molecule has 1 aliphatic heterocycles. The third-order valence-corrected chi connectivity index (χ3v) is 2.75. The standard InChI is InChI=1S/C14H15NO3/c1-3-8-15(4-2)14(16)11-6-5-7-12-13(11)18-10-9-17-12/h1,5-7H,4,8-10H2,2H3. The van der Waals surface area contributed by atoms with E-state index in [0.29, 0.717) is 43.4 Å². The highest BCUT2D eigenvalue weighted by atomic mass is 16.6. The Kier molecular flexibility index (Phi) is 3.73. The molecular weight excluding hydrogens is 230 g/mol. The van der Waals surface area contributed by atoms with Crippen LogP contribution in [-0.2, 0) is 0 Å². The second-order valence-electron chi connectivity index (χ2n) is 3.85. The Bertz CT molecular complexity index is 490. The molecule has 0 radical (unpaired) electrons. The minimum Gasteiger partial charge on any atom is -0.486 e. The van der Waals surface area contributed by atoms with Crippen molar-refractivity contribution < 1.29 is 14.3 Å². The Balaban J connectivity index is 2.33. The molecule has 2 rings (SSSR count). The average Bonchev–Trinajstić information content (AvgIpc) is 2.43. The quantitative estimate of drug-likeness (QED) is 0.758. The van der Waals surface area contributed by atoms with Crippen LogP contribution in [0.3, 0.4) is 0 Å². The van der Waals surface area contributed by atoms with E-state index in [1.807, 2.05) is 6.92 Å². The maximum Gasteiger partial charge on any atom is 0.258 e. The number of hydrogen-bond acceptors (Lipinski definition) is 3. The summed E-state index contributed by atoms with van der Waals surface area (Å²) < 4.78 is 11.0. The summed E-state index contributed by atoms with van der Waals surface area (Å²) in [7, 11) is 0. The van der Waals surface area contributed by atoms with Crippen molar-refractivity contribution in [1.82, 2.24) is 4.90 Å². The summed E-state index contributed by atoms with van der Waals surface area (Å²) in [4.78, 5) is 13.9.